The SMILES string of the molecule is NC(=O)CN(CC(N)=O)S(=O)(=O)CCCCCl. The van der Waals surface area contributed by atoms with E-state index in [4.69, 9.17) is 23.1 Å². The Morgan fingerprint density at radius 3 is 1.88 bits per heavy atom. The second kappa shape index (κ2) is 7.46. The number of nitrogens with zero attached hydrogens (tertiary/aromatic N) is 1. The highest BCUT2D eigenvalue weighted by Crippen LogP contribution is 2.05. The van der Waals surface area contributed by atoms with Gasteiger partial charge in [0, 0.05) is 5.88 Å². The minimum atomic E-state index is -3.71. The van der Waals surface area contributed by atoms with Gasteiger partial charge < -0.3 is 11.5 Å². The molecule has 0 radical (unpaired) electrons. The lowest BCUT2D eigenvalue weighted by atomic mass is 10.4. The molecule has 0 fully saturated rings. The van der Waals surface area contributed by atoms with Crippen molar-refractivity contribution in [2.75, 3.05) is 24.7 Å². The molecule has 0 atom stereocenters. The fraction of sp³-hybridized carbons (Fsp3) is 0.750. The molecule has 0 aromatic heterocycles. The van der Waals surface area contributed by atoms with Gasteiger partial charge in [-0.1, -0.05) is 0 Å². The Morgan fingerprint density at radius 1 is 1.06 bits per heavy atom. The van der Waals surface area contributed by atoms with Crippen LogP contribution < -0.4 is 11.5 Å². The predicted molar refractivity (Wildman–Crippen MR) is 63.7 cm³/mol. The molecule has 0 aliphatic carbocycles. The number of carbonyl (C=O) groups is 2. The van der Waals surface area contributed by atoms with Crippen LogP contribution in [0, 0.1) is 0 Å². The molecule has 0 saturated carbocycles. The third-order valence-electron chi connectivity index (χ3n) is 1.84. The number of primary amides is 2. The van der Waals surface area contributed by atoms with E-state index in [1.165, 1.54) is 0 Å². The number of nitrogens with two attached hydrogens (primary N) is 2. The lowest BCUT2D eigenvalue weighted by molar-refractivity contribution is -0.120. The van der Waals surface area contributed by atoms with Crippen LogP contribution in [0.5, 0.6) is 0 Å². The van der Waals surface area contributed by atoms with Crippen molar-refractivity contribution in [3.8, 4) is 0 Å². The highest BCUT2D eigenvalue weighted by molar-refractivity contribution is 7.89. The highest BCUT2D eigenvalue weighted by atomic mass is 35.5. The largest absolute Gasteiger partial charge is 0.369 e. The quantitative estimate of drug-likeness (QED) is 0.400. The maximum atomic E-state index is 11.7. The smallest absolute Gasteiger partial charge is 0.232 e. The van der Waals surface area contributed by atoms with E-state index in [9.17, 15) is 18.0 Å². The van der Waals surface area contributed by atoms with Crippen molar-refractivity contribution in [1.82, 2.24) is 4.31 Å². The first-order valence-corrected chi connectivity index (χ1v) is 7.04. The normalized spacial score (nSPS) is 11.6. The molecule has 0 aliphatic heterocycles. The van der Waals surface area contributed by atoms with Crippen LogP contribution >= 0.6 is 11.6 Å². The Bertz CT molecular complexity index is 355. The number of sulfonamides is 1. The van der Waals surface area contributed by atoms with Crippen molar-refractivity contribution in [2.45, 2.75) is 12.8 Å². The molecule has 0 aromatic rings. The number of hydrogen-bond acceptors (Lipinski definition) is 4. The van der Waals surface area contributed by atoms with Crippen molar-refractivity contribution < 1.29 is 18.0 Å². The summed E-state index contributed by atoms with van der Waals surface area (Å²) in [6, 6.07) is 0. The van der Waals surface area contributed by atoms with Crippen LogP contribution in [0.2, 0.25) is 0 Å². The van der Waals surface area contributed by atoms with Gasteiger partial charge in [-0.25, -0.2) is 8.42 Å². The van der Waals surface area contributed by atoms with Crippen LogP contribution in [-0.4, -0.2) is 49.3 Å². The zero-order chi connectivity index (χ0) is 13.5. The Kier molecular flexibility index (Phi) is 7.09. The standard InChI is InChI=1S/C8H16ClN3O4S/c9-3-1-2-4-17(15,16)12(5-7(10)13)6-8(11)14/h1-6H2,(H2,10,13)(H2,11,14). The number of carbonyl (C=O) groups excluding carboxylic acids is 2. The molecule has 100 valence electrons. The number of amides is 2. The molecule has 0 unspecified atom stereocenters. The minimum Gasteiger partial charge on any atom is -0.369 e. The number of unbranched alkanes of at least 4 members (excludes halogenated alkanes) is 1. The summed E-state index contributed by atoms with van der Waals surface area (Å²) >= 11 is 5.42. The molecule has 4 N–H and O–H groups in total. The average Bonchev–Trinajstić information content (AvgIpc) is 2.15. The summed E-state index contributed by atoms with van der Waals surface area (Å²) in [5.74, 6) is -1.53. The van der Waals surface area contributed by atoms with E-state index in [0.717, 1.165) is 0 Å². The van der Waals surface area contributed by atoms with E-state index in [2.05, 4.69) is 0 Å². The van der Waals surface area contributed by atoms with E-state index in [0.29, 0.717) is 23.0 Å². The summed E-state index contributed by atoms with van der Waals surface area (Å²) in [6.45, 7) is -1.10. The predicted octanol–water partition coefficient (Wildman–Crippen LogP) is -1.39. The van der Waals surface area contributed by atoms with Crippen molar-refractivity contribution in [3.63, 3.8) is 0 Å². The fourth-order valence-corrected chi connectivity index (χ4v) is 2.77. The molecular weight excluding hydrogens is 270 g/mol. The molecular formula is C8H16ClN3O4S. The van der Waals surface area contributed by atoms with Crippen LogP contribution in [0.3, 0.4) is 0 Å². The van der Waals surface area contributed by atoms with Crippen molar-refractivity contribution in [3.05, 3.63) is 0 Å². The summed E-state index contributed by atoms with van der Waals surface area (Å²) in [5.41, 5.74) is 9.80. The summed E-state index contributed by atoms with van der Waals surface area (Å²) in [4.78, 5) is 21.4. The summed E-state index contributed by atoms with van der Waals surface area (Å²) in [5, 5.41) is 0. The monoisotopic (exact) mass is 285 g/mol. The van der Waals surface area contributed by atoms with E-state index >= 15 is 0 Å². The molecule has 0 saturated heterocycles. The maximum absolute atomic E-state index is 11.7. The zero-order valence-electron chi connectivity index (χ0n) is 9.26. The number of rotatable bonds is 9. The van der Waals surface area contributed by atoms with Gasteiger partial charge in [-0.15, -0.1) is 11.6 Å². The number of alkyl halides is 1. The Labute approximate surface area is 105 Å². The molecule has 0 rings (SSSR count). The lowest BCUT2D eigenvalue weighted by Gasteiger charge is -2.18. The van der Waals surface area contributed by atoms with Gasteiger partial charge >= 0.3 is 0 Å². The average molecular weight is 286 g/mol. The first-order chi connectivity index (χ1) is 7.79. The molecule has 0 spiro atoms. The van der Waals surface area contributed by atoms with E-state index in [-0.39, 0.29) is 5.75 Å². The van der Waals surface area contributed by atoms with Crippen molar-refractivity contribution in [2.24, 2.45) is 11.5 Å². The topological polar surface area (TPSA) is 124 Å². The molecule has 2 amide bonds. The number of halogens is 1. The van der Waals surface area contributed by atoms with Gasteiger partial charge in [0.05, 0.1) is 18.8 Å². The van der Waals surface area contributed by atoms with Gasteiger partial charge in [0.2, 0.25) is 21.8 Å². The van der Waals surface area contributed by atoms with Crippen LogP contribution in [0.15, 0.2) is 0 Å². The zero-order valence-corrected chi connectivity index (χ0v) is 10.8. The summed E-state index contributed by atoms with van der Waals surface area (Å²) in [6.07, 6.45) is 0.877. The van der Waals surface area contributed by atoms with Gasteiger partial charge in [-0.3, -0.25) is 9.59 Å². The molecule has 17 heavy (non-hydrogen) atoms. The lowest BCUT2D eigenvalue weighted by Crippen LogP contribution is -2.44. The molecule has 9 heteroatoms. The summed E-state index contributed by atoms with van der Waals surface area (Å²) < 4.78 is 24.2. The highest BCUT2D eigenvalue weighted by Gasteiger charge is 2.24. The van der Waals surface area contributed by atoms with Crippen molar-refractivity contribution >= 4 is 33.4 Å². The van der Waals surface area contributed by atoms with E-state index in [1.54, 1.807) is 0 Å². The molecule has 0 heterocycles. The van der Waals surface area contributed by atoms with E-state index in [1.807, 2.05) is 0 Å². The molecule has 0 bridgehead atoms. The fourth-order valence-electron chi connectivity index (χ4n) is 1.11. The van der Waals surface area contributed by atoms with Gasteiger partial charge in [0.25, 0.3) is 0 Å². The van der Waals surface area contributed by atoms with Crippen LogP contribution in [-0.2, 0) is 19.6 Å². The van der Waals surface area contributed by atoms with E-state index < -0.39 is 34.9 Å². The first kappa shape index (κ1) is 16.1. The second-order valence-corrected chi connectivity index (χ2v) is 5.88. The first-order valence-electron chi connectivity index (χ1n) is 4.90. The van der Waals surface area contributed by atoms with Gasteiger partial charge in [0.15, 0.2) is 0 Å². The van der Waals surface area contributed by atoms with Crippen molar-refractivity contribution in [1.29, 1.82) is 0 Å². The second-order valence-electron chi connectivity index (χ2n) is 3.41. The minimum absolute atomic E-state index is 0.194. The van der Waals surface area contributed by atoms with Gasteiger partial charge in [0.1, 0.15) is 0 Å². The van der Waals surface area contributed by atoms with Crippen LogP contribution in [0.1, 0.15) is 12.8 Å². The Morgan fingerprint density at radius 2 is 1.53 bits per heavy atom. The maximum Gasteiger partial charge on any atom is 0.232 e. The Hall–Kier alpha value is -0.860. The third-order valence-corrected chi connectivity index (χ3v) is 3.96. The summed E-state index contributed by atoms with van der Waals surface area (Å²) in [7, 11) is -3.71. The Balaban J connectivity index is 4.64. The van der Waals surface area contributed by atoms with Crippen LogP contribution in [0.25, 0.3) is 0 Å². The number of hydrogen-bond donors (Lipinski definition) is 2. The van der Waals surface area contributed by atoms with Crippen LogP contribution in [0.4, 0.5) is 0 Å². The molecule has 7 nitrogen and oxygen atoms in total. The van der Waals surface area contributed by atoms with Gasteiger partial charge in [-0.2, -0.15) is 4.31 Å². The van der Waals surface area contributed by atoms with Gasteiger partial charge in [-0.05, 0) is 12.8 Å². The third kappa shape index (κ3) is 7.14. The molecule has 0 aliphatic rings. The molecule has 0 aromatic carbocycles.